The Bertz CT molecular complexity index is 422. The molecule has 0 aliphatic carbocycles. The Morgan fingerprint density at radius 3 is 2.33 bits per heavy atom. The monoisotopic (exact) mass is 285 g/mol. The molecule has 18 heavy (non-hydrogen) atoms. The third-order valence-corrected chi connectivity index (χ3v) is 4.33. The van der Waals surface area contributed by atoms with Crippen molar-refractivity contribution >= 4 is 30.1 Å². The first-order valence-electron chi connectivity index (χ1n) is 6.05. The molecule has 2 nitrogen and oxygen atoms in total. The zero-order valence-electron chi connectivity index (χ0n) is 11.2. The summed E-state index contributed by atoms with van der Waals surface area (Å²) in [5.41, 5.74) is 0.958. The molecule has 2 unspecified atom stereocenters. The summed E-state index contributed by atoms with van der Waals surface area (Å²) < 4.78 is 0. The van der Waals surface area contributed by atoms with E-state index in [0.29, 0.717) is 5.02 Å². The molecule has 1 aromatic rings. The van der Waals surface area contributed by atoms with E-state index in [1.807, 2.05) is 45.0 Å². The topological polar surface area (TPSA) is 20.3 Å². The summed E-state index contributed by atoms with van der Waals surface area (Å²) in [4.78, 5) is 13.9. The van der Waals surface area contributed by atoms with E-state index in [2.05, 4.69) is 12.6 Å². The van der Waals surface area contributed by atoms with E-state index in [9.17, 15) is 4.79 Å². The Labute approximate surface area is 120 Å². The lowest BCUT2D eigenvalue weighted by Crippen LogP contribution is -2.37. The van der Waals surface area contributed by atoms with Crippen LogP contribution >= 0.6 is 24.2 Å². The van der Waals surface area contributed by atoms with Crippen molar-refractivity contribution in [3.05, 3.63) is 34.9 Å². The fourth-order valence-corrected chi connectivity index (χ4v) is 2.18. The highest BCUT2D eigenvalue weighted by atomic mass is 35.5. The van der Waals surface area contributed by atoms with Crippen molar-refractivity contribution in [1.29, 1.82) is 0 Å². The fraction of sp³-hybridized carbons (Fsp3) is 0.500. The standard InChI is InChI=1S/C14H20ClNOS/c1-9(2)13(18)14(17)16(4)10(3)11-7-5-6-8-12(11)15/h5-10,13,18H,1-4H3. The van der Waals surface area contributed by atoms with Gasteiger partial charge < -0.3 is 4.90 Å². The molecule has 0 aromatic heterocycles. The van der Waals surface area contributed by atoms with Gasteiger partial charge in [-0.1, -0.05) is 43.6 Å². The van der Waals surface area contributed by atoms with Crippen LogP contribution in [-0.2, 0) is 4.79 Å². The summed E-state index contributed by atoms with van der Waals surface area (Å²) in [6.45, 7) is 5.95. The van der Waals surface area contributed by atoms with Crippen LogP contribution < -0.4 is 0 Å². The summed E-state index contributed by atoms with van der Waals surface area (Å²) in [6.07, 6.45) is 0. The second-order valence-electron chi connectivity index (χ2n) is 4.84. The average Bonchev–Trinajstić information content (AvgIpc) is 2.35. The maximum absolute atomic E-state index is 12.2. The Morgan fingerprint density at radius 1 is 1.28 bits per heavy atom. The average molecular weight is 286 g/mol. The van der Waals surface area contributed by atoms with Gasteiger partial charge in [-0.2, -0.15) is 12.6 Å². The maximum atomic E-state index is 12.2. The first kappa shape index (κ1) is 15.4. The summed E-state index contributed by atoms with van der Waals surface area (Å²) in [5.74, 6) is 0.238. The SMILES string of the molecule is CC(C)C(S)C(=O)N(C)C(C)c1ccccc1Cl. The first-order valence-corrected chi connectivity index (χ1v) is 6.94. The third-order valence-electron chi connectivity index (χ3n) is 3.17. The zero-order chi connectivity index (χ0) is 13.9. The molecule has 0 saturated heterocycles. The van der Waals surface area contributed by atoms with Gasteiger partial charge in [-0.15, -0.1) is 0 Å². The Hall–Kier alpha value is -0.670. The van der Waals surface area contributed by atoms with E-state index < -0.39 is 0 Å². The van der Waals surface area contributed by atoms with Crippen LogP contribution in [0, 0.1) is 5.92 Å². The van der Waals surface area contributed by atoms with Gasteiger partial charge >= 0.3 is 0 Å². The third kappa shape index (κ3) is 3.42. The van der Waals surface area contributed by atoms with Gasteiger partial charge in [0, 0.05) is 12.1 Å². The zero-order valence-corrected chi connectivity index (χ0v) is 12.9. The number of halogens is 1. The smallest absolute Gasteiger partial charge is 0.235 e. The Balaban J connectivity index is 2.88. The van der Waals surface area contributed by atoms with Crippen LogP contribution in [0.1, 0.15) is 32.4 Å². The van der Waals surface area contributed by atoms with Crippen LogP contribution in [0.25, 0.3) is 0 Å². The molecule has 0 radical (unpaired) electrons. The molecular weight excluding hydrogens is 266 g/mol. The van der Waals surface area contributed by atoms with Crippen LogP contribution in [0.4, 0.5) is 0 Å². The van der Waals surface area contributed by atoms with Gasteiger partial charge in [0.15, 0.2) is 0 Å². The minimum absolute atomic E-state index is 0.0285. The van der Waals surface area contributed by atoms with Gasteiger partial charge in [0.2, 0.25) is 5.91 Å². The number of carbonyl (C=O) groups is 1. The van der Waals surface area contributed by atoms with Crippen molar-refractivity contribution in [2.24, 2.45) is 5.92 Å². The molecule has 1 rings (SSSR count). The van der Waals surface area contributed by atoms with Gasteiger partial charge in [0.25, 0.3) is 0 Å². The molecule has 0 aliphatic heterocycles. The molecule has 0 aliphatic rings. The number of hydrogen-bond acceptors (Lipinski definition) is 2. The molecule has 1 aromatic carbocycles. The van der Waals surface area contributed by atoms with Crippen molar-refractivity contribution in [3.63, 3.8) is 0 Å². The first-order chi connectivity index (χ1) is 8.36. The molecule has 0 spiro atoms. The summed E-state index contributed by atoms with van der Waals surface area (Å²) >= 11 is 10.5. The lowest BCUT2D eigenvalue weighted by molar-refractivity contribution is -0.131. The normalized spacial score (nSPS) is 14.4. The molecule has 0 bridgehead atoms. The van der Waals surface area contributed by atoms with Crippen molar-refractivity contribution in [1.82, 2.24) is 4.90 Å². The second kappa shape index (κ2) is 6.48. The predicted octanol–water partition coefficient (Wildman–Crippen LogP) is 3.81. The fourth-order valence-electron chi connectivity index (χ4n) is 1.71. The highest BCUT2D eigenvalue weighted by Crippen LogP contribution is 2.27. The number of amides is 1. The molecule has 2 atom stereocenters. The van der Waals surface area contributed by atoms with Crippen molar-refractivity contribution in [2.75, 3.05) is 7.05 Å². The summed E-state index contributed by atoms with van der Waals surface area (Å²) in [5, 5.41) is 0.407. The molecule has 0 saturated carbocycles. The van der Waals surface area contributed by atoms with Crippen molar-refractivity contribution in [3.8, 4) is 0 Å². The van der Waals surface area contributed by atoms with E-state index >= 15 is 0 Å². The second-order valence-corrected chi connectivity index (χ2v) is 5.80. The molecule has 4 heteroatoms. The molecule has 1 amide bonds. The molecule has 0 N–H and O–H groups in total. The largest absolute Gasteiger partial charge is 0.338 e. The summed E-state index contributed by atoms with van der Waals surface area (Å²) in [7, 11) is 1.79. The highest BCUT2D eigenvalue weighted by Gasteiger charge is 2.25. The van der Waals surface area contributed by atoms with Crippen LogP contribution in [-0.4, -0.2) is 23.1 Å². The van der Waals surface area contributed by atoms with E-state index in [1.165, 1.54) is 0 Å². The van der Waals surface area contributed by atoms with Gasteiger partial charge in [0.1, 0.15) is 0 Å². The van der Waals surface area contributed by atoms with Crippen molar-refractivity contribution < 1.29 is 4.79 Å². The predicted molar refractivity (Wildman–Crippen MR) is 80.2 cm³/mol. The van der Waals surface area contributed by atoms with Crippen LogP contribution in [0.3, 0.4) is 0 Å². The maximum Gasteiger partial charge on any atom is 0.235 e. The summed E-state index contributed by atoms with van der Waals surface area (Å²) in [6, 6.07) is 7.54. The lowest BCUT2D eigenvalue weighted by atomic mass is 10.0. The molecular formula is C14H20ClNOS. The van der Waals surface area contributed by atoms with E-state index in [0.717, 1.165) is 5.56 Å². The minimum atomic E-state index is -0.278. The highest BCUT2D eigenvalue weighted by molar-refractivity contribution is 7.81. The van der Waals surface area contributed by atoms with Crippen LogP contribution in [0.5, 0.6) is 0 Å². The minimum Gasteiger partial charge on any atom is -0.338 e. The van der Waals surface area contributed by atoms with Gasteiger partial charge in [-0.3, -0.25) is 4.79 Å². The molecule has 0 heterocycles. The van der Waals surface area contributed by atoms with Crippen LogP contribution in [0.15, 0.2) is 24.3 Å². The number of rotatable bonds is 4. The Morgan fingerprint density at radius 2 is 1.83 bits per heavy atom. The van der Waals surface area contributed by atoms with Gasteiger partial charge in [-0.05, 0) is 24.5 Å². The lowest BCUT2D eigenvalue weighted by Gasteiger charge is -2.29. The number of nitrogens with zero attached hydrogens (tertiary/aromatic N) is 1. The number of thiol groups is 1. The number of benzene rings is 1. The quantitative estimate of drug-likeness (QED) is 0.834. The van der Waals surface area contributed by atoms with Crippen LogP contribution in [0.2, 0.25) is 5.02 Å². The van der Waals surface area contributed by atoms with E-state index in [4.69, 9.17) is 11.6 Å². The molecule has 100 valence electrons. The number of carbonyl (C=O) groups excluding carboxylic acids is 1. The van der Waals surface area contributed by atoms with E-state index in [1.54, 1.807) is 11.9 Å². The Kier molecular flexibility index (Phi) is 5.54. The molecule has 0 fully saturated rings. The number of hydrogen-bond donors (Lipinski definition) is 1. The van der Waals surface area contributed by atoms with Crippen molar-refractivity contribution in [2.45, 2.75) is 32.1 Å². The van der Waals surface area contributed by atoms with E-state index in [-0.39, 0.29) is 23.1 Å². The van der Waals surface area contributed by atoms with Gasteiger partial charge in [-0.25, -0.2) is 0 Å². The van der Waals surface area contributed by atoms with Gasteiger partial charge in [0.05, 0.1) is 11.3 Å².